The van der Waals surface area contributed by atoms with Gasteiger partial charge in [-0.2, -0.15) is 0 Å². The summed E-state index contributed by atoms with van der Waals surface area (Å²) in [7, 11) is 0. The van der Waals surface area contributed by atoms with E-state index < -0.39 is 17.7 Å². The van der Waals surface area contributed by atoms with Gasteiger partial charge >= 0.3 is 0 Å². The lowest BCUT2D eigenvalue weighted by Gasteiger charge is -2.25. The fourth-order valence-corrected chi connectivity index (χ4v) is 1.86. The van der Waals surface area contributed by atoms with E-state index in [2.05, 4.69) is 5.32 Å². The lowest BCUT2D eigenvalue weighted by atomic mass is 10.1. The number of nitrogens with one attached hydrogen (secondary N) is 1. The predicted molar refractivity (Wildman–Crippen MR) is 52.9 cm³/mol. The van der Waals surface area contributed by atoms with E-state index in [4.69, 9.17) is 16.3 Å². The summed E-state index contributed by atoms with van der Waals surface area (Å²) in [6, 6.07) is 2.08. The Kier molecular flexibility index (Phi) is 3.19. The van der Waals surface area contributed by atoms with Gasteiger partial charge in [-0.05, 0) is 12.1 Å². The highest BCUT2D eigenvalue weighted by molar-refractivity contribution is 6.31. The van der Waals surface area contributed by atoms with Gasteiger partial charge in [0.05, 0.1) is 17.7 Å². The van der Waals surface area contributed by atoms with Gasteiger partial charge in [0.25, 0.3) is 0 Å². The predicted octanol–water partition coefficient (Wildman–Crippen LogP) is 2.28. The molecule has 0 amide bonds. The molecule has 0 spiro atoms. The molecule has 2 nitrogen and oxygen atoms in total. The van der Waals surface area contributed by atoms with Gasteiger partial charge in [0.2, 0.25) is 0 Å². The number of hydrogen-bond donors (Lipinski definition) is 1. The van der Waals surface area contributed by atoms with Crippen LogP contribution in [0.5, 0.6) is 0 Å². The van der Waals surface area contributed by atoms with Crippen molar-refractivity contribution in [1.82, 2.24) is 5.32 Å². The zero-order valence-corrected chi connectivity index (χ0v) is 8.65. The average Bonchev–Trinajstić information content (AvgIpc) is 2.26. The first-order valence-electron chi connectivity index (χ1n) is 4.66. The molecule has 0 saturated carbocycles. The standard InChI is InChI=1S/C10H10ClF2NO/c11-10-7(13)2-1-6(12)9(10)8-5-14-3-4-15-8/h1-2,8,14H,3-5H2. The first kappa shape index (κ1) is 10.8. The topological polar surface area (TPSA) is 21.3 Å². The molecule has 2 rings (SSSR count). The maximum atomic E-state index is 13.5. The van der Waals surface area contributed by atoms with E-state index in [9.17, 15) is 8.78 Å². The third-order valence-corrected chi connectivity index (χ3v) is 2.71. The summed E-state index contributed by atoms with van der Waals surface area (Å²) in [5.41, 5.74) is 0.101. The second-order valence-electron chi connectivity index (χ2n) is 3.32. The molecule has 82 valence electrons. The number of morpholine rings is 1. The molecule has 1 saturated heterocycles. The lowest BCUT2D eigenvalue weighted by Crippen LogP contribution is -2.34. The van der Waals surface area contributed by atoms with Crippen molar-refractivity contribution in [2.45, 2.75) is 6.10 Å². The van der Waals surface area contributed by atoms with Crippen LogP contribution >= 0.6 is 11.6 Å². The summed E-state index contributed by atoms with van der Waals surface area (Å²) >= 11 is 5.71. The van der Waals surface area contributed by atoms with Crippen molar-refractivity contribution in [3.05, 3.63) is 34.4 Å². The molecule has 0 bridgehead atoms. The molecule has 0 radical (unpaired) electrons. The van der Waals surface area contributed by atoms with Gasteiger partial charge in [0, 0.05) is 18.7 Å². The van der Waals surface area contributed by atoms with Gasteiger partial charge in [-0.1, -0.05) is 11.6 Å². The number of halogens is 3. The maximum Gasteiger partial charge on any atom is 0.142 e. The molecule has 1 fully saturated rings. The zero-order valence-electron chi connectivity index (χ0n) is 7.90. The Bertz CT molecular complexity index is 367. The number of rotatable bonds is 1. The van der Waals surface area contributed by atoms with E-state index in [0.717, 1.165) is 12.1 Å². The Morgan fingerprint density at radius 1 is 1.33 bits per heavy atom. The highest BCUT2D eigenvalue weighted by Crippen LogP contribution is 2.30. The number of ether oxygens (including phenoxy) is 1. The Balaban J connectivity index is 2.36. The molecule has 1 heterocycles. The van der Waals surface area contributed by atoms with Crippen molar-refractivity contribution < 1.29 is 13.5 Å². The molecule has 1 aliphatic heterocycles. The van der Waals surface area contributed by atoms with Crippen LogP contribution in [0.3, 0.4) is 0 Å². The van der Waals surface area contributed by atoms with Crippen LogP contribution in [-0.4, -0.2) is 19.7 Å². The third kappa shape index (κ3) is 2.12. The van der Waals surface area contributed by atoms with Crippen molar-refractivity contribution in [2.75, 3.05) is 19.7 Å². The molecule has 1 aromatic carbocycles. The summed E-state index contributed by atoms with van der Waals surface area (Å²) in [6.07, 6.45) is -0.512. The minimum absolute atomic E-state index is 0.101. The van der Waals surface area contributed by atoms with Crippen LogP contribution in [-0.2, 0) is 4.74 Å². The van der Waals surface area contributed by atoms with E-state index in [1.807, 2.05) is 0 Å². The first-order valence-corrected chi connectivity index (χ1v) is 5.03. The minimum atomic E-state index is -0.623. The van der Waals surface area contributed by atoms with Crippen molar-refractivity contribution in [3.63, 3.8) is 0 Å². The van der Waals surface area contributed by atoms with E-state index in [1.54, 1.807) is 0 Å². The molecule has 0 aliphatic carbocycles. The summed E-state index contributed by atoms with van der Waals surface area (Å²) in [4.78, 5) is 0. The summed E-state index contributed by atoms with van der Waals surface area (Å²) < 4.78 is 31.9. The SMILES string of the molecule is Fc1ccc(F)c(C2CNCCO2)c1Cl. The third-order valence-electron chi connectivity index (χ3n) is 2.33. The molecule has 0 aromatic heterocycles. The monoisotopic (exact) mass is 233 g/mol. The van der Waals surface area contributed by atoms with Crippen LogP contribution in [0.25, 0.3) is 0 Å². The molecular weight excluding hydrogens is 224 g/mol. The van der Waals surface area contributed by atoms with Gasteiger partial charge in [-0.25, -0.2) is 8.78 Å². The minimum Gasteiger partial charge on any atom is -0.371 e. The Morgan fingerprint density at radius 2 is 2.07 bits per heavy atom. The zero-order chi connectivity index (χ0) is 10.8. The van der Waals surface area contributed by atoms with Crippen LogP contribution in [0, 0.1) is 11.6 Å². The van der Waals surface area contributed by atoms with Gasteiger partial charge in [0.1, 0.15) is 11.6 Å². The second-order valence-corrected chi connectivity index (χ2v) is 3.70. The maximum absolute atomic E-state index is 13.5. The molecule has 1 aliphatic rings. The van der Waals surface area contributed by atoms with Crippen molar-refractivity contribution in [3.8, 4) is 0 Å². The molecule has 1 unspecified atom stereocenters. The van der Waals surface area contributed by atoms with Crippen molar-refractivity contribution >= 4 is 11.6 Å². The molecule has 1 N–H and O–H groups in total. The van der Waals surface area contributed by atoms with Crippen LogP contribution < -0.4 is 5.32 Å². The first-order chi connectivity index (χ1) is 7.20. The van der Waals surface area contributed by atoms with Crippen LogP contribution in [0.4, 0.5) is 8.78 Å². The van der Waals surface area contributed by atoms with Crippen molar-refractivity contribution in [1.29, 1.82) is 0 Å². The molecule has 1 atom stereocenters. The number of hydrogen-bond acceptors (Lipinski definition) is 2. The van der Waals surface area contributed by atoms with Gasteiger partial charge in [-0.15, -0.1) is 0 Å². The number of benzene rings is 1. The summed E-state index contributed by atoms with van der Waals surface area (Å²) in [5.74, 6) is -1.16. The molecule has 15 heavy (non-hydrogen) atoms. The smallest absolute Gasteiger partial charge is 0.142 e. The second kappa shape index (κ2) is 4.43. The normalized spacial score (nSPS) is 21.7. The lowest BCUT2D eigenvalue weighted by molar-refractivity contribution is 0.0254. The quantitative estimate of drug-likeness (QED) is 0.752. The van der Waals surface area contributed by atoms with E-state index in [0.29, 0.717) is 19.7 Å². The van der Waals surface area contributed by atoms with Crippen LogP contribution in [0.2, 0.25) is 5.02 Å². The van der Waals surface area contributed by atoms with E-state index >= 15 is 0 Å². The molecule has 1 aromatic rings. The fourth-order valence-electron chi connectivity index (χ4n) is 1.59. The average molecular weight is 234 g/mol. The van der Waals surface area contributed by atoms with Crippen LogP contribution in [0.1, 0.15) is 11.7 Å². The van der Waals surface area contributed by atoms with Crippen molar-refractivity contribution in [2.24, 2.45) is 0 Å². The Hall–Kier alpha value is -0.710. The van der Waals surface area contributed by atoms with E-state index in [-0.39, 0.29) is 10.6 Å². The van der Waals surface area contributed by atoms with Gasteiger partial charge < -0.3 is 10.1 Å². The summed E-state index contributed by atoms with van der Waals surface area (Å²) in [5, 5.41) is 2.84. The fraction of sp³-hybridized carbons (Fsp3) is 0.400. The van der Waals surface area contributed by atoms with E-state index in [1.165, 1.54) is 0 Å². The summed E-state index contributed by atoms with van der Waals surface area (Å²) in [6.45, 7) is 1.63. The Labute approximate surface area is 91.2 Å². The Morgan fingerprint density at radius 3 is 2.73 bits per heavy atom. The van der Waals surface area contributed by atoms with Gasteiger partial charge in [0.15, 0.2) is 0 Å². The molecule has 5 heteroatoms. The molecular formula is C10H10ClF2NO. The van der Waals surface area contributed by atoms with Crippen LogP contribution in [0.15, 0.2) is 12.1 Å². The highest BCUT2D eigenvalue weighted by Gasteiger charge is 2.23. The highest BCUT2D eigenvalue weighted by atomic mass is 35.5. The van der Waals surface area contributed by atoms with Gasteiger partial charge in [-0.3, -0.25) is 0 Å². The largest absolute Gasteiger partial charge is 0.371 e.